The van der Waals surface area contributed by atoms with Crippen molar-refractivity contribution in [3.05, 3.63) is 0 Å². The zero-order valence-corrected chi connectivity index (χ0v) is 12.8. The summed E-state index contributed by atoms with van der Waals surface area (Å²) in [6, 6.07) is 0. The molecule has 1 aliphatic heterocycles. The van der Waals surface area contributed by atoms with Gasteiger partial charge in [0.25, 0.3) is 11.8 Å². The Kier molecular flexibility index (Phi) is 6.18. The third kappa shape index (κ3) is 5.19. The zero-order valence-electron chi connectivity index (χ0n) is 11.9. The van der Waals surface area contributed by atoms with Gasteiger partial charge in [0.2, 0.25) is 0 Å². The largest absolute Gasteiger partial charge is 0.747 e. The van der Waals surface area contributed by atoms with Crippen molar-refractivity contribution < 1.29 is 37.0 Å². The summed E-state index contributed by atoms with van der Waals surface area (Å²) < 4.78 is 32.4. The molecule has 1 rings (SSSR count). The minimum atomic E-state index is -4.97. The highest BCUT2D eigenvalue weighted by Crippen LogP contribution is 2.20. The number of amides is 2. The molecule has 1 atom stereocenters. The van der Waals surface area contributed by atoms with Crippen molar-refractivity contribution in [3.63, 3.8) is 0 Å². The molecule has 22 heavy (non-hydrogen) atoms. The lowest BCUT2D eigenvalue weighted by Crippen LogP contribution is -2.36. The molecular weight excluding hydrogens is 318 g/mol. The summed E-state index contributed by atoms with van der Waals surface area (Å²) >= 11 is 0. The Bertz CT molecular complexity index is 582. The topological polar surface area (TPSA) is 138 Å². The normalized spacial score (nSPS) is 18.6. The molecule has 0 saturated carbocycles. The van der Waals surface area contributed by atoms with E-state index in [9.17, 15) is 32.1 Å². The molecule has 0 spiro atoms. The molecule has 1 unspecified atom stereocenters. The summed E-state index contributed by atoms with van der Waals surface area (Å²) in [5.74, 6) is -3.22. The fourth-order valence-corrected chi connectivity index (χ4v) is 2.56. The number of carbonyl (C=O) groups excluding carboxylic acids is 4. The van der Waals surface area contributed by atoms with Crippen molar-refractivity contribution in [2.24, 2.45) is 0 Å². The summed E-state index contributed by atoms with van der Waals surface area (Å²) in [7, 11) is -4.97. The highest BCUT2D eigenvalue weighted by molar-refractivity contribution is 7.87. The second-order valence-corrected chi connectivity index (χ2v) is 6.49. The fraction of sp³-hybridized carbons (Fsp3) is 0.667. The van der Waals surface area contributed by atoms with Gasteiger partial charge in [-0.15, -0.1) is 5.06 Å². The van der Waals surface area contributed by atoms with Gasteiger partial charge in [0.05, 0.1) is 6.42 Å². The van der Waals surface area contributed by atoms with Crippen molar-refractivity contribution in [2.75, 3.05) is 0 Å². The van der Waals surface area contributed by atoms with E-state index in [-0.39, 0.29) is 17.3 Å². The number of nitrogens with zero attached hydrogens (tertiary/aromatic N) is 1. The van der Waals surface area contributed by atoms with Gasteiger partial charge in [-0.3, -0.25) is 9.59 Å². The predicted octanol–water partition coefficient (Wildman–Crippen LogP) is -0.343. The van der Waals surface area contributed by atoms with Crippen LogP contribution in [-0.2, 0) is 34.1 Å². The number of imide groups is 1. The van der Waals surface area contributed by atoms with Gasteiger partial charge in [-0.05, 0) is 19.8 Å². The van der Waals surface area contributed by atoms with Gasteiger partial charge in [0.1, 0.15) is 21.2 Å². The molecule has 0 aromatic heterocycles. The van der Waals surface area contributed by atoms with E-state index >= 15 is 0 Å². The third-order valence-corrected chi connectivity index (χ3v) is 4.08. The van der Waals surface area contributed by atoms with E-state index in [1.54, 1.807) is 0 Å². The molecule has 2 amide bonds. The molecule has 0 N–H and O–H groups in total. The average molecular weight is 334 g/mol. The SMILES string of the molecule is CC(=O)CCCCCC(=O)ON1C(=O)CC(S(=O)(=O)[O-])C1=O. The lowest BCUT2D eigenvalue weighted by molar-refractivity contribution is -0.197. The lowest BCUT2D eigenvalue weighted by Gasteiger charge is -2.15. The number of carbonyl (C=O) groups is 4. The zero-order chi connectivity index (χ0) is 16.9. The van der Waals surface area contributed by atoms with Crippen molar-refractivity contribution in [3.8, 4) is 0 Å². The Labute approximate surface area is 127 Å². The van der Waals surface area contributed by atoms with Crippen LogP contribution in [0.5, 0.6) is 0 Å². The van der Waals surface area contributed by atoms with Gasteiger partial charge in [-0.25, -0.2) is 13.2 Å². The highest BCUT2D eigenvalue weighted by Gasteiger charge is 2.45. The van der Waals surface area contributed by atoms with Crippen LogP contribution in [0, 0.1) is 0 Å². The minimum absolute atomic E-state index is 0.0397. The van der Waals surface area contributed by atoms with Gasteiger partial charge < -0.3 is 14.2 Å². The quantitative estimate of drug-likeness (QED) is 0.334. The van der Waals surface area contributed by atoms with Gasteiger partial charge >= 0.3 is 5.97 Å². The number of ketones is 1. The first kappa shape index (κ1) is 18.2. The van der Waals surface area contributed by atoms with E-state index < -0.39 is 39.6 Å². The van der Waals surface area contributed by atoms with Crippen LogP contribution in [0.15, 0.2) is 0 Å². The van der Waals surface area contributed by atoms with Crippen molar-refractivity contribution in [1.82, 2.24) is 5.06 Å². The van der Waals surface area contributed by atoms with Crippen molar-refractivity contribution in [1.29, 1.82) is 0 Å². The Morgan fingerprint density at radius 1 is 1.23 bits per heavy atom. The van der Waals surface area contributed by atoms with Crippen LogP contribution in [0.1, 0.15) is 45.4 Å². The van der Waals surface area contributed by atoms with E-state index in [1.165, 1.54) is 6.92 Å². The summed E-state index contributed by atoms with van der Waals surface area (Å²) in [4.78, 5) is 49.7. The molecule has 124 valence electrons. The summed E-state index contributed by atoms with van der Waals surface area (Å²) in [6.07, 6.45) is 1.09. The van der Waals surface area contributed by atoms with Crippen molar-refractivity contribution >= 4 is 33.7 Å². The first-order valence-electron chi connectivity index (χ1n) is 6.64. The molecule has 0 aromatic rings. The van der Waals surface area contributed by atoms with Crippen molar-refractivity contribution in [2.45, 2.75) is 50.7 Å². The van der Waals surface area contributed by atoms with Crippen LogP contribution in [0.3, 0.4) is 0 Å². The number of hydrogen-bond donors (Lipinski definition) is 0. The lowest BCUT2D eigenvalue weighted by atomic mass is 10.1. The van der Waals surface area contributed by atoms with Gasteiger partial charge in [-0.2, -0.15) is 0 Å². The van der Waals surface area contributed by atoms with E-state index in [4.69, 9.17) is 0 Å². The third-order valence-electron chi connectivity index (χ3n) is 3.01. The van der Waals surface area contributed by atoms with Crippen LogP contribution in [0.25, 0.3) is 0 Å². The number of rotatable bonds is 8. The monoisotopic (exact) mass is 334 g/mol. The second-order valence-electron chi connectivity index (χ2n) is 4.94. The summed E-state index contributed by atoms with van der Waals surface area (Å²) in [5.41, 5.74) is 0. The summed E-state index contributed by atoms with van der Waals surface area (Å²) in [6.45, 7) is 1.46. The first-order chi connectivity index (χ1) is 10.1. The molecule has 1 heterocycles. The maximum atomic E-state index is 11.6. The van der Waals surface area contributed by atoms with E-state index in [1.807, 2.05) is 0 Å². The molecule has 1 saturated heterocycles. The van der Waals surface area contributed by atoms with Crippen LogP contribution in [0.4, 0.5) is 0 Å². The molecule has 0 aromatic carbocycles. The van der Waals surface area contributed by atoms with E-state index in [0.29, 0.717) is 25.7 Å². The Hall–Kier alpha value is -1.81. The van der Waals surface area contributed by atoms with Crippen LogP contribution >= 0.6 is 0 Å². The number of hydrogen-bond acceptors (Lipinski definition) is 8. The Morgan fingerprint density at radius 2 is 1.82 bits per heavy atom. The molecule has 1 fully saturated rings. The molecule has 0 bridgehead atoms. The fourth-order valence-electron chi connectivity index (χ4n) is 1.87. The number of unbranched alkanes of at least 4 members (excludes halogenated alkanes) is 2. The molecule has 9 nitrogen and oxygen atoms in total. The average Bonchev–Trinajstić information content (AvgIpc) is 2.65. The van der Waals surface area contributed by atoms with Gasteiger partial charge in [-0.1, -0.05) is 6.42 Å². The van der Waals surface area contributed by atoms with Crippen LogP contribution in [0.2, 0.25) is 0 Å². The molecular formula is C12H16NO8S-. The standard InChI is InChI=1S/C12H17NO8S/c1-8(14)5-3-2-4-6-11(16)21-13-10(15)7-9(12(13)17)22(18,19)20/h9H,2-7H2,1H3,(H,18,19,20)/p-1. The maximum absolute atomic E-state index is 11.6. The molecule has 0 radical (unpaired) electrons. The highest BCUT2D eigenvalue weighted by atomic mass is 32.2. The molecule has 0 aliphatic carbocycles. The number of hydroxylamine groups is 2. The van der Waals surface area contributed by atoms with Crippen LogP contribution < -0.4 is 0 Å². The van der Waals surface area contributed by atoms with Gasteiger partial charge in [0.15, 0.2) is 0 Å². The first-order valence-corrected chi connectivity index (χ1v) is 8.12. The van der Waals surface area contributed by atoms with E-state index in [2.05, 4.69) is 4.84 Å². The molecule has 10 heteroatoms. The maximum Gasteiger partial charge on any atom is 0.333 e. The second kappa shape index (κ2) is 7.45. The van der Waals surface area contributed by atoms with E-state index in [0.717, 1.165) is 0 Å². The molecule has 1 aliphatic rings. The minimum Gasteiger partial charge on any atom is -0.747 e. The van der Waals surface area contributed by atoms with Gasteiger partial charge in [0, 0.05) is 12.8 Å². The number of Topliss-reactive ketones (excluding diaryl/α,β-unsaturated/α-hetero) is 1. The smallest absolute Gasteiger partial charge is 0.333 e. The summed E-state index contributed by atoms with van der Waals surface area (Å²) in [5, 5.41) is -2.00. The Balaban J connectivity index is 2.43. The predicted molar refractivity (Wildman–Crippen MR) is 69.8 cm³/mol. The Morgan fingerprint density at radius 3 is 2.32 bits per heavy atom. The van der Waals surface area contributed by atoms with Crippen LogP contribution in [-0.4, -0.2) is 46.9 Å².